The molecule has 12 aromatic heterocycles. The van der Waals surface area contributed by atoms with Gasteiger partial charge in [0.15, 0.2) is 5.75 Å². The molecule has 0 radical (unpaired) electrons. The van der Waals surface area contributed by atoms with Crippen LogP contribution in [-0.4, -0.2) is 91.8 Å². The fourth-order valence-electron chi connectivity index (χ4n) is 12.3. The number of nitrogens with zero attached hydrogens (tertiary/aromatic N) is 17. The predicted octanol–water partition coefficient (Wildman–Crippen LogP) is 29.5. The number of halogens is 1. The lowest BCUT2D eigenvalue weighted by atomic mass is 10.0. The van der Waals surface area contributed by atoms with Gasteiger partial charge >= 0.3 is 0 Å². The number of hydrogen-bond donors (Lipinski definition) is 0. The molecule has 0 unspecified atom stereocenters. The van der Waals surface area contributed by atoms with Gasteiger partial charge in [-0.2, -0.15) is 0 Å². The molecule has 0 spiro atoms. The second kappa shape index (κ2) is 79.2. The molecule has 19 heteroatoms. The number of methoxy groups -OCH3 is 1. The molecule has 0 amide bonds. The fourth-order valence-corrected chi connectivity index (χ4v) is 12.3. The Morgan fingerprint density at radius 3 is 0.806 bits per heavy atom. The molecule has 13 rings (SSSR count). The zero-order chi connectivity index (χ0) is 103. The van der Waals surface area contributed by atoms with Crippen LogP contribution in [0.5, 0.6) is 5.75 Å². The van der Waals surface area contributed by atoms with Gasteiger partial charge in [-0.25, -0.2) is 54.2 Å². The maximum Gasteiger partial charge on any atom is 0.155 e. The third-order valence-corrected chi connectivity index (χ3v) is 19.2. The van der Waals surface area contributed by atoms with Crippen LogP contribution in [0.1, 0.15) is 290 Å². The van der Waals surface area contributed by atoms with E-state index in [0.717, 1.165) is 140 Å². The summed E-state index contributed by atoms with van der Waals surface area (Å²) in [5, 5.41) is 0. The van der Waals surface area contributed by atoms with Gasteiger partial charge in [0.1, 0.15) is 34.9 Å². The smallest absolute Gasteiger partial charge is 0.155 e. The Balaban J connectivity index is 0.000000753. The second-order valence-corrected chi connectivity index (χ2v) is 40.5. The van der Waals surface area contributed by atoms with Crippen LogP contribution in [0, 0.1) is 104 Å². The average molecular weight is 1890 g/mol. The van der Waals surface area contributed by atoms with Crippen LogP contribution in [-0.2, 0) is 83.5 Å². The molecule has 0 aliphatic rings. The van der Waals surface area contributed by atoms with Gasteiger partial charge < -0.3 is 4.74 Å². The first-order valence-electron chi connectivity index (χ1n) is 50.7. The summed E-state index contributed by atoms with van der Waals surface area (Å²) in [5.41, 5.74) is 13.1. The summed E-state index contributed by atoms with van der Waals surface area (Å²) in [4.78, 5) is 70.4. The van der Waals surface area contributed by atoms with Crippen molar-refractivity contribution in [1.82, 2.24) is 84.7 Å². The molecule has 0 saturated carbocycles. The van der Waals surface area contributed by atoms with Gasteiger partial charge in [-0.15, -0.1) is 0 Å². The Bertz CT molecular complexity index is 4410. The van der Waals surface area contributed by atoms with Crippen molar-refractivity contribution in [3.05, 3.63) is 360 Å². The molecule has 1 aromatic carbocycles. The number of aryl methyl sites for hydroxylation is 6. The maximum absolute atomic E-state index is 12.9. The SMILES string of the molecule is CC(C)CCc1ccccc1.CC(C)CCc1ccccn1.CC(C)CCc1ccncc1.CC(C)Cc1ccccn1.CC(C)Cc1ccccn1.CC(C)Cc1cccnc1.CC(C)Cc1cccnc1.CC(C)Cc1ncccc1F.CC(C)Cc1ncccn1.COc1cnc(CC(C)C)nc1.Cc1cnc(CC(C)C)nc1.Cc1cnc(CC(C)C)nc1.Cc1cnc(CC(C)C)nc1. The highest BCUT2D eigenvalue weighted by atomic mass is 19.1. The number of rotatable bonds is 30. The molecule has 0 fully saturated rings. The van der Waals surface area contributed by atoms with Crippen LogP contribution < -0.4 is 4.74 Å². The van der Waals surface area contributed by atoms with Gasteiger partial charge in [0, 0.05) is 161 Å². The zero-order valence-corrected chi connectivity index (χ0v) is 91.0. The normalized spacial score (nSPS) is 10.4. The van der Waals surface area contributed by atoms with E-state index in [4.69, 9.17) is 4.74 Å². The van der Waals surface area contributed by atoms with Gasteiger partial charge in [-0.05, 0) is 286 Å². The third-order valence-electron chi connectivity index (χ3n) is 19.2. The Morgan fingerprint density at radius 2 is 0.504 bits per heavy atom. The highest BCUT2D eigenvalue weighted by Crippen LogP contribution is 2.16. The lowest BCUT2D eigenvalue weighted by molar-refractivity contribution is 0.409. The largest absolute Gasteiger partial charge is 0.494 e. The lowest BCUT2D eigenvalue weighted by Gasteiger charge is -2.03. The molecule has 0 aliphatic heterocycles. The number of pyridine rings is 7. The van der Waals surface area contributed by atoms with Crippen LogP contribution in [0.15, 0.2) is 263 Å². The van der Waals surface area contributed by atoms with Crippen LogP contribution in [0.2, 0.25) is 0 Å². The van der Waals surface area contributed by atoms with Crippen LogP contribution in [0.4, 0.5) is 4.39 Å². The van der Waals surface area contributed by atoms with E-state index in [-0.39, 0.29) is 5.82 Å². The number of hydrogen-bond acceptors (Lipinski definition) is 18. The summed E-state index contributed by atoms with van der Waals surface area (Å²) >= 11 is 0. The molecular weight excluding hydrogens is 1710 g/mol. The first-order valence-corrected chi connectivity index (χ1v) is 50.7. The van der Waals surface area contributed by atoms with E-state index >= 15 is 0 Å². The molecule has 18 nitrogen and oxygen atoms in total. The minimum atomic E-state index is -0.193. The number of benzene rings is 1. The van der Waals surface area contributed by atoms with Crippen molar-refractivity contribution in [3.8, 4) is 5.75 Å². The minimum Gasteiger partial charge on any atom is -0.494 e. The maximum atomic E-state index is 12.9. The van der Waals surface area contributed by atoms with E-state index in [9.17, 15) is 4.39 Å². The van der Waals surface area contributed by atoms with Crippen molar-refractivity contribution < 1.29 is 9.13 Å². The monoisotopic (exact) mass is 1890 g/mol. The van der Waals surface area contributed by atoms with E-state index < -0.39 is 0 Å². The first-order chi connectivity index (χ1) is 66.3. The molecule has 12 heterocycles. The summed E-state index contributed by atoms with van der Waals surface area (Å²) in [6, 6.07) is 46.1. The first kappa shape index (κ1) is 125. The fraction of sp³-hybridized carbons (Fsp3) is 0.492. The quantitative estimate of drug-likeness (QED) is 0.0407. The van der Waals surface area contributed by atoms with Gasteiger partial charge in [-0.3, -0.25) is 34.9 Å². The molecule has 0 bridgehead atoms. The van der Waals surface area contributed by atoms with Crippen molar-refractivity contribution in [2.24, 2.45) is 76.9 Å². The van der Waals surface area contributed by atoms with E-state index in [1.807, 2.05) is 182 Å². The lowest BCUT2D eigenvalue weighted by Crippen LogP contribution is -2.00. The molecule has 0 N–H and O–H groups in total. The summed E-state index contributed by atoms with van der Waals surface area (Å²) in [6.45, 7) is 62.9. The van der Waals surface area contributed by atoms with Gasteiger partial charge in [0.05, 0.1) is 25.2 Å². The molecule has 0 saturated heterocycles. The summed E-state index contributed by atoms with van der Waals surface area (Å²) < 4.78 is 17.8. The van der Waals surface area contributed by atoms with Gasteiger partial charge in [-0.1, -0.05) is 241 Å². The predicted molar refractivity (Wildman–Crippen MR) is 582 cm³/mol. The topological polar surface area (TPSA) is 228 Å². The van der Waals surface area contributed by atoms with Gasteiger partial charge in [0.2, 0.25) is 0 Å². The molecule has 0 aliphatic carbocycles. The molecule has 0 atom stereocenters. The van der Waals surface area contributed by atoms with E-state index in [0.29, 0.717) is 65.2 Å². The second-order valence-electron chi connectivity index (χ2n) is 40.5. The highest BCUT2D eigenvalue weighted by Gasteiger charge is 2.08. The molecular formula is C120H178FN17O. The van der Waals surface area contributed by atoms with Crippen LogP contribution in [0.3, 0.4) is 0 Å². The van der Waals surface area contributed by atoms with Crippen LogP contribution in [0.25, 0.3) is 0 Å². The summed E-state index contributed by atoms with van der Waals surface area (Å²) in [5.74, 6) is 14.0. The Kier molecular flexibility index (Phi) is 71.5. The molecule has 13 aromatic rings. The van der Waals surface area contributed by atoms with Crippen LogP contribution >= 0.6 is 0 Å². The highest BCUT2D eigenvalue weighted by molar-refractivity contribution is 5.17. The van der Waals surface area contributed by atoms with Crippen molar-refractivity contribution in [2.75, 3.05) is 7.11 Å². The van der Waals surface area contributed by atoms with Crippen molar-refractivity contribution in [2.45, 2.75) is 304 Å². The van der Waals surface area contributed by atoms with E-state index in [1.54, 1.807) is 44.2 Å². The zero-order valence-electron chi connectivity index (χ0n) is 91.0. The van der Waals surface area contributed by atoms with Crippen molar-refractivity contribution >= 4 is 0 Å². The summed E-state index contributed by atoms with van der Waals surface area (Å²) in [6.07, 6.45) is 53.8. The molecule has 139 heavy (non-hydrogen) atoms. The van der Waals surface area contributed by atoms with E-state index in [1.165, 1.54) is 77.5 Å². The standard InChI is InChI=1S/C11H16.2C10H15N.C9H12FN.C9H14N2O.3C9H14N2.4C9H13N.C8H12N2/c1-10(2)8-9-11-6-4-3-5-7-11;1-9(2)3-4-10-5-7-11-8-6-10;1-9(2)6-7-10-5-3-4-8-11-10;1-7(2)6-9-8(10)4-3-5-11-9;1-7(2)4-9-10-5-8(12-3)6-11-9;3*1-7(2)4-9-10-5-8(3)6-11-9;2*1-8(2)6-9-4-3-5-10-7-9;2*1-8(2)7-9-5-3-4-6-10-9;1-7(2)6-8-9-4-3-5-10-8/h3-7,10H,8-9H2,1-2H3;5-9H,3-4H2,1-2H3;3-5,8-9H,6-7H2,1-2H3;3-5,7H,6H2,1-2H3;5-7H,4H2,1-3H3;3*5-7H,4H2,1-3H3;2*3-5,7-8H,6H2,1-2H3;2*3-6,8H,7H2,1-2H3;3-5,7H,6H2,1-2H3. The molecule has 756 valence electrons. The van der Waals surface area contributed by atoms with Gasteiger partial charge in [0.25, 0.3) is 0 Å². The Labute approximate surface area is 842 Å². The number of ether oxygens (including phenoxy) is 1. The average Bonchev–Trinajstić information content (AvgIpc) is 0.906. The Morgan fingerprint density at radius 1 is 0.216 bits per heavy atom. The Hall–Kier alpha value is -11.6. The number of aromatic nitrogens is 17. The van der Waals surface area contributed by atoms with Crippen molar-refractivity contribution in [3.63, 3.8) is 0 Å². The third kappa shape index (κ3) is 76.0. The van der Waals surface area contributed by atoms with E-state index in [2.05, 4.69) is 324 Å². The van der Waals surface area contributed by atoms with Crippen molar-refractivity contribution in [1.29, 1.82) is 0 Å². The summed E-state index contributed by atoms with van der Waals surface area (Å²) in [7, 11) is 1.61. The minimum absolute atomic E-state index is 0.193.